The van der Waals surface area contributed by atoms with Crippen molar-refractivity contribution in [2.45, 2.75) is 50.2 Å². The van der Waals surface area contributed by atoms with E-state index in [2.05, 4.69) is 5.32 Å². The van der Waals surface area contributed by atoms with E-state index in [-0.39, 0.29) is 24.1 Å². The van der Waals surface area contributed by atoms with Crippen molar-refractivity contribution in [3.05, 3.63) is 71.8 Å². The first-order chi connectivity index (χ1) is 16.5. The number of hydrogen-bond acceptors (Lipinski definition) is 4. The van der Waals surface area contributed by atoms with E-state index < -0.39 is 24.1 Å². The summed E-state index contributed by atoms with van der Waals surface area (Å²) in [5.41, 5.74) is 1.34. The third-order valence-electron chi connectivity index (χ3n) is 6.56. The molecule has 8 nitrogen and oxygen atoms in total. The number of likely N-dealkylation sites (tertiary alicyclic amines) is 2. The standard InChI is InChI=1S/C26H29N3O5/c30-23(19-11-5-2-6-12-19)27-20(17-18-9-3-1-4-10-18)24(31)28-15-7-13-21(28)25(32)29-16-8-14-22(29)26(33)34/h1-6,9-12,20-22H,7-8,13-17H2,(H,27,30)(H,33,34)/t20-,21-,22-/m0/s1. The summed E-state index contributed by atoms with van der Waals surface area (Å²) >= 11 is 0. The fourth-order valence-electron chi connectivity index (χ4n) is 4.85. The van der Waals surface area contributed by atoms with Crippen molar-refractivity contribution in [2.75, 3.05) is 13.1 Å². The molecule has 3 amide bonds. The fourth-order valence-corrected chi connectivity index (χ4v) is 4.85. The Morgan fingerprint density at radius 1 is 0.853 bits per heavy atom. The van der Waals surface area contributed by atoms with Gasteiger partial charge in [0, 0.05) is 25.1 Å². The quantitative estimate of drug-likeness (QED) is 0.654. The second kappa shape index (κ2) is 10.5. The van der Waals surface area contributed by atoms with Crippen LogP contribution in [0.15, 0.2) is 60.7 Å². The van der Waals surface area contributed by atoms with Crippen LogP contribution < -0.4 is 5.32 Å². The van der Waals surface area contributed by atoms with Crippen LogP contribution in [0.4, 0.5) is 0 Å². The Morgan fingerprint density at radius 3 is 2.09 bits per heavy atom. The number of nitrogens with one attached hydrogen (secondary N) is 1. The maximum absolute atomic E-state index is 13.7. The molecule has 34 heavy (non-hydrogen) atoms. The summed E-state index contributed by atoms with van der Waals surface area (Å²) in [4.78, 5) is 54.4. The number of nitrogens with zero attached hydrogens (tertiary/aromatic N) is 2. The molecule has 2 aliphatic heterocycles. The third kappa shape index (κ3) is 5.11. The van der Waals surface area contributed by atoms with Crippen molar-refractivity contribution in [1.82, 2.24) is 15.1 Å². The zero-order valence-corrected chi connectivity index (χ0v) is 18.9. The van der Waals surface area contributed by atoms with E-state index in [1.165, 1.54) is 9.80 Å². The molecule has 2 aromatic carbocycles. The minimum Gasteiger partial charge on any atom is -0.480 e. The normalized spacial score (nSPS) is 20.7. The molecule has 2 fully saturated rings. The number of carboxylic acid groups (broad SMARTS) is 1. The van der Waals surface area contributed by atoms with Gasteiger partial charge in [0.15, 0.2) is 0 Å². The first kappa shape index (κ1) is 23.5. The maximum atomic E-state index is 13.7. The Bertz CT molecular complexity index is 1040. The van der Waals surface area contributed by atoms with Crippen molar-refractivity contribution in [3.63, 3.8) is 0 Å². The highest BCUT2D eigenvalue weighted by Gasteiger charge is 2.43. The van der Waals surface area contributed by atoms with Gasteiger partial charge in [0.1, 0.15) is 18.1 Å². The number of carbonyl (C=O) groups is 4. The Hall–Kier alpha value is -3.68. The summed E-state index contributed by atoms with van der Waals surface area (Å²) in [6, 6.07) is 15.7. The molecule has 2 aromatic rings. The molecule has 0 bridgehead atoms. The van der Waals surface area contributed by atoms with Crippen molar-refractivity contribution < 1.29 is 24.3 Å². The number of hydrogen-bond donors (Lipinski definition) is 2. The molecule has 4 rings (SSSR count). The predicted octanol–water partition coefficient (Wildman–Crippen LogP) is 2.09. The number of aliphatic carboxylic acids is 1. The molecule has 0 radical (unpaired) electrons. The van der Waals surface area contributed by atoms with Crippen LogP contribution in [0.3, 0.4) is 0 Å². The van der Waals surface area contributed by atoms with E-state index in [1.54, 1.807) is 24.3 Å². The first-order valence-electron chi connectivity index (χ1n) is 11.7. The van der Waals surface area contributed by atoms with Crippen LogP contribution >= 0.6 is 0 Å². The van der Waals surface area contributed by atoms with Gasteiger partial charge in [0.25, 0.3) is 5.91 Å². The molecule has 0 saturated carbocycles. The highest BCUT2D eigenvalue weighted by molar-refractivity contribution is 5.99. The van der Waals surface area contributed by atoms with Gasteiger partial charge in [-0.3, -0.25) is 14.4 Å². The Labute approximate surface area is 198 Å². The molecule has 2 aliphatic rings. The van der Waals surface area contributed by atoms with Gasteiger partial charge in [-0.25, -0.2) is 4.79 Å². The largest absolute Gasteiger partial charge is 0.480 e. The Morgan fingerprint density at radius 2 is 1.44 bits per heavy atom. The number of benzene rings is 2. The summed E-state index contributed by atoms with van der Waals surface area (Å²) in [5.74, 6) is -2.01. The molecule has 178 valence electrons. The second-order valence-corrected chi connectivity index (χ2v) is 8.80. The number of amides is 3. The lowest BCUT2D eigenvalue weighted by molar-refractivity contribution is -0.152. The molecule has 2 saturated heterocycles. The van der Waals surface area contributed by atoms with Crippen LogP contribution in [-0.2, 0) is 20.8 Å². The molecule has 0 unspecified atom stereocenters. The molecule has 2 N–H and O–H groups in total. The van der Waals surface area contributed by atoms with Gasteiger partial charge in [0.05, 0.1) is 0 Å². The Balaban J connectivity index is 1.55. The molecule has 3 atom stereocenters. The van der Waals surface area contributed by atoms with Gasteiger partial charge < -0.3 is 20.2 Å². The topological polar surface area (TPSA) is 107 Å². The van der Waals surface area contributed by atoms with Crippen LogP contribution in [0.5, 0.6) is 0 Å². The van der Waals surface area contributed by atoms with E-state index in [1.807, 2.05) is 36.4 Å². The lowest BCUT2D eigenvalue weighted by atomic mass is 10.0. The summed E-state index contributed by atoms with van der Waals surface area (Å²) in [6.45, 7) is 0.778. The molecule has 0 spiro atoms. The summed E-state index contributed by atoms with van der Waals surface area (Å²) in [5, 5.41) is 12.4. The maximum Gasteiger partial charge on any atom is 0.326 e. The highest BCUT2D eigenvalue weighted by atomic mass is 16.4. The number of carbonyl (C=O) groups excluding carboxylic acids is 3. The van der Waals surface area contributed by atoms with Crippen LogP contribution in [0.2, 0.25) is 0 Å². The van der Waals surface area contributed by atoms with Crippen LogP contribution in [0.25, 0.3) is 0 Å². The average Bonchev–Trinajstić information content (AvgIpc) is 3.54. The minimum absolute atomic E-state index is 0.289. The summed E-state index contributed by atoms with van der Waals surface area (Å²) in [7, 11) is 0. The zero-order chi connectivity index (χ0) is 24.1. The summed E-state index contributed by atoms with van der Waals surface area (Å²) < 4.78 is 0. The van der Waals surface area contributed by atoms with Crippen LogP contribution in [0, 0.1) is 0 Å². The van der Waals surface area contributed by atoms with Crippen molar-refractivity contribution >= 4 is 23.7 Å². The van der Waals surface area contributed by atoms with Gasteiger partial charge in [-0.15, -0.1) is 0 Å². The molecular weight excluding hydrogens is 434 g/mol. The number of rotatable bonds is 7. The highest BCUT2D eigenvalue weighted by Crippen LogP contribution is 2.26. The van der Waals surface area contributed by atoms with Gasteiger partial charge in [-0.2, -0.15) is 0 Å². The lowest BCUT2D eigenvalue weighted by Crippen LogP contribution is -2.55. The van der Waals surface area contributed by atoms with E-state index in [9.17, 15) is 24.3 Å². The average molecular weight is 464 g/mol. The SMILES string of the molecule is O=C(N[C@@H](Cc1ccccc1)C(=O)N1CCC[C@H]1C(=O)N1CCC[C@H]1C(=O)O)c1ccccc1. The van der Waals surface area contributed by atoms with Gasteiger partial charge >= 0.3 is 5.97 Å². The van der Waals surface area contributed by atoms with Crippen molar-refractivity contribution in [3.8, 4) is 0 Å². The number of carboxylic acids is 1. The minimum atomic E-state index is -1.01. The van der Waals surface area contributed by atoms with E-state index in [0.29, 0.717) is 44.3 Å². The van der Waals surface area contributed by atoms with Crippen LogP contribution in [-0.4, -0.2) is 69.8 Å². The first-order valence-corrected chi connectivity index (χ1v) is 11.7. The smallest absolute Gasteiger partial charge is 0.326 e. The molecule has 0 aliphatic carbocycles. The van der Waals surface area contributed by atoms with Gasteiger partial charge in [0.2, 0.25) is 11.8 Å². The van der Waals surface area contributed by atoms with Crippen molar-refractivity contribution in [2.24, 2.45) is 0 Å². The fraction of sp³-hybridized carbons (Fsp3) is 0.385. The predicted molar refractivity (Wildman–Crippen MR) is 125 cm³/mol. The molecule has 0 aromatic heterocycles. The second-order valence-electron chi connectivity index (χ2n) is 8.80. The molecule has 2 heterocycles. The zero-order valence-electron chi connectivity index (χ0n) is 18.9. The summed E-state index contributed by atoms with van der Waals surface area (Å²) in [6.07, 6.45) is 2.48. The Kier molecular flexibility index (Phi) is 7.25. The monoisotopic (exact) mass is 463 g/mol. The van der Waals surface area contributed by atoms with Crippen LogP contribution in [0.1, 0.15) is 41.6 Å². The van der Waals surface area contributed by atoms with Gasteiger partial charge in [-0.05, 0) is 43.4 Å². The third-order valence-corrected chi connectivity index (χ3v) is 6.56. The van der Waals surface area contributed by atoms with Gasteiger partial charge in [-0.1, -0.05) is 48.5 Å². The molecule has 8 heteroatoms. The van der Waals surface area contributed by atoms with E-state index in [0.717, 1.165) is 5.56 Å². The van der Waals surface area contributed by atoms with Crippen molar-refractivity contribution in [1.29, 1.82) is 0 Å². The molecular formula is C26H29N3O5. The van der Waals surface area contributed by atoms with E-state index in [4.69, 9.17) is 0 Å². The van der Waals surface area contributed by atoms with E-state index >= 15 is 0 Å². The lowest BCUT2D eigenvalue weighted by Gasteiger charge is -2.32.